The van der Waals surface area contributed by atoms with Crippen LogP contribution < -0.4 is 14.5 Å². The van der Waals surface area contributed by atoms with Crippen molar-refractivity contribution in [2.45, 2.75) is 78.6 Å². The van der Waals surface area contributed by atoms with Crippen LogP contribution in [0.1, 0.15) is 79.0 Å². The number of aromatic nitrogens is 2. The molecule has 1 aliphatic heterocycles. The molecule has 0 bridgehead atoms. The minimum absolute atomic E-state index is 0.0349. The highest BCUT2D eigenvalue weighted by Crippen LogP contribution is 2.51. The summed E-state index contributed by atoms with van der Waals surface area (Å²) in [7, 11) is 0. The van der Waals surface area contributed by atoms with E-state index in [1.165, 1.54) is 16.7 Å². The van der Waals surface area contributed by atoms with Crippen molar-refractivity contribution in [1.82, 2.24) is 9.55 Å². The van der Waals surface area contributed by atoms with Gasteiger partial charge in [0.15, 0.2) is 0 Å². The highest BCUT2D eigenvalue weighted by molar-refractivity contribution is 6.09. The lowest BCUT2D eigenvalue weighted by atomic mass is 9.82. The van der Waals surface area contributed by atoms with Crippen molar-refractivity contribution in [3.8, 4) is 39.6 Å². The van der Waals surface area contributed by atoms with Crippen molar-refractivity contribution < 1.29 is 9.13 Å². The van der Waals surface area contributed by atoms with Crippen molar-refractivity contribution in [2.75, 3.05) is 16.5 Å². The number of pyridine rings is 1. The topological polar surface area (TPSA) is 33.5 Å². The first-order valence-corrected chi connectivity index (χ1v) is 23.0. The second-order valence-corrected chi connectivity index (χ2v) is 20.7. The van der Waals surface area contributed by atoms with Gasteiger partial charge in [-0.3, -0.25) is 4.57 Å². The lowest BCUT2D eigenvalue weighted by Gasteiger charge is -2.32. The summed E-state index contributed by atoms with van der Waals surface area (Å²) in [5.41, 5.74) is 14.1. The third kappa shape index (κ3) is 7.78. The molecule has 9 aromatic rings. The van der Waals surface area contributed by atoms with E-state index in [1.54, 1.807) is 12.1 Å². The third-order valence-electron chi connectivity index (χ3n) is 13.0. The van der Waals surface area contributed by atoms with Gasteiger partial charge in [0, 0.05) is 40.4 Å². The SMILES string of the molecule is CC(C)(C)c1ccnc(-n2c3ccccc3c3ccc(Oc4cc(-c5ccccc5C(C)(C)C)cc(N5CN(c6c(-c7ccc(F)cc7)cccc6C(C)(C)C)c6ccccc65)c4)cc32)c1. The second kappa shape index (κ2) is 16.1. The van der Waals surface area contributed by atoms with Crippen molar-refractivity contribution in [2.24, 2.45) is 0 Å². The van der Waals surface area contributed by atoms with E-state index in [1.807, 2.05) is 18.3 Å². The van der Waals surface area contributed by atoms with Gasteiger partial charge in [0.1, 0.15) is 29.8 Å². The van der Waals surface area contributed by atoms with Gasteiger partial charge in [-0.1, -0.05) is 147 Å². The predicted molar refractivity (Wildman–Crippen MR) is 274 cm³/mol. The van der Waals surface area contributed by atoms with Gasteiger partial charge in [0.25, 0.3) is 0 Å². The Balaban J connectivity index is 1.13. The van der Waals surface area contributed by atoms with Gasteiger partial charge in [-0.2, -0.15) is 0 Å². The number of benzene rings is 7. The predicted octanol–water partition coefficient (Wildman–Crippen LogP) is 16.6. The summed E-state index contributed by atoms with van der Waals surface area (Å²) in [6.07, 6.45) is 1.92. The zero-order valence-electron chi connectivity index (χ0n) is 39.4. The summed E-state index contributed by atoms with van der Waals surface area (Å²) in [6, 6.07) is 56.7. The average Bonchev–Trinajstić information content (AvgIpc) is 3.84. The first-order chi connectivity index (χ1) is 31.5. The van der Waals surface area contributed by atoms with Gasteiger partial charge in [-0.05, 0) is 116 Å². The molecule has 7 aromatic carbocycles. The normalized spacial score (nSPS) is 13.2. The standard InChI is InChI=1S/C60H57FN4O/c1-58(2,3)41-31-32-62-56(35-41)65-52-22-13-11-18-48(52)49-30-29-44(37-55(49)65)66-45-34-40(46-17-10-12-20-50(46)59(4,5)6)33-43(36-45)63-38-64(54-24-15-14-23-53(54)63)57-47(39-25-27-42(61)28-26-39)19-16-21-51(57)60(7,8)9/h10-37H,38H2,1-9H3. The van der Waals surface area contributed by atoms with Crippen LogP contribution >= 0.6 is 0 Å². The van der Waals surface area contributed by atoms with Crippen molar-refractivity contribution in [1.29, 1.82) is 0 Å². The molecule has 6 heteroatoms. The summed E-state index contributed by atoms with van der Waals surface area (Å²) in [5, 5.41) is 2.30. The van der Waals surface area contributed by atoms with Crippen molar-refractivity contribution >= 4 is 44.6 Å². The average molecular weight is 869 g/mol. The van der Waals surface area contributed by atoms with E-state index in [2.05, 4.69) is 216 Å². The van der Waals surface area contributed by atoms with Crippen LogP contribution in [-0.4, -0.2) is 16.2 Å². The lowest BCUT2D eigenvalue weighted by molar-refractivity contribution is 0.483. The van der Waals surface area contributed by atoms with Gasteiger partial charge in [0.2, 0.25) is 0 Å². The summed E-state index contributed by atoms with van der Waals surface area (Å²) >= 11 is 0. The van der Waals surface area contributed by atoms with E-state index in [0.29, 0.717) is 6.67 Å². The molecule has 0 saturated heterocycles. The number of rotatable bonds is 7. The molecule has 1 aliphatic rings. The smallest absolute Gasteiger partial charge is 0.137 e. The Morgan fingerprint density at radius 1 is 0.500 bits per heavy atom. The fourth-order valence-electron chi connectivity index (χ4n) is 9.67. The van der Waals surface area contributed by atoms with Crippen LogP contribution in [0.15, 0.2) is 170 Å². The minimum Gasteiger partial charge on any atom is -0.457 e. The highest BCUT2D eigenvalue weighted by atomic mass is 19.1. The number of ether oxygens (including phenoxy) is 1. The second-order valence-electron chi connectivity index (χ2n) is 20.7. The van der Waals surface area contributed by atoms with E-state index >= 15 is 0 Å². The first kappa shape index (κ1) is 42.8. The van der Waals surface area contributed by atoms with Crippen LogP contribution in [0.4, 0.5) is 27.1 Å². The van der Waals surface area contributed by atoms with Crippen LogP contribution in [0.3, 0.4) is 0 Å². The fraction of sp³-hybridized carbons (Fsp3) is 0.217. The fourth-order valence-corrected chi connectivity index (χ4v) is 9.67. The van der Waals surface area contributed by atoms with Gasteiger partial charge in [-0.25, -0.2) is 9.37 Å². The Hall–Kier alpha value is -7.18. The lowest BCUT2D eigenvalue weighted by Crippen LogP contribution is -2.27. The van der Waals surface area contributed by atoms with E-state index in [-0.39, 0.29) is 22.1 Å². The molecule has 2 aromatic heterocycles. The largest absolute Gasteiger partial charge is 0.457 e. The number of para-hydroxylation sites is 4. The van der Waals surface area contributed by atoms with Crippen molar-refractivity contribution in [3.05, 3.63) is 192 Å². The number of fused-ring (bicyclic) bond motifs is 4. The number of anilines is 4. The number of nitrogens with zero attached hydrogens (tertiary/aromatic N) is 4. The molecule has 0 amide bonds. The highest BCUT2D eigenvalue weighted by Gasteiger charge is 2.34. The maximum atomic E-state index is 14.3. The molecular weight excluding hydrogens is 812 g/mol. The van der Waals surface area contributed by atoms with Gasteiger partial charge in [0.05, 0.1) is 28.1 Å². The molecule has 0 N–H and O–H groups in total. The zero-order valence-corrected chi connectivity index (χ0v) is 39.4. The molecule has 0 atom stereocenters. The van der Waals surface area contributed by atoms with Gasteiger partial charge < -0.3 is 14.5 Å². The van der Waals surface area contributed by atoms with Crippen molar-refractivity contribution in [3.63, 3.8) is 0 Å². The number of hydrogen-bond donors (Lipinski definition) is 0. The molecule has 330 valence electrons. The van der Waals surface area contributed by atoms with Crippen LogP contribution in [0.5, 0.6) is 11.5 Å². The molecule has 3 heterocycles. The summed E-state index contributed by atoms with van der Waals surface area (Å²) in [5.74, 6) is 2.10. The Bertz CT molecular complexity index is 3290. The molecule has 10 rings (SSSR count). The van der Waals surface area contributed by atoms with Crippen LogP contribution in [0.2, 0.25) is 0 Å². The van der Waals surface area contributed by atoms with E-state index < -0.39 is 0 Å². The molecule has 5 nitrogen and oxygen atoms in total. The Kier molecular flexibility index (Phi) is 10.4. The van der Waals surface area contributed by atoms with Crippen LogP contribution in [-0.2, 0) is 16.2 Å². The van der Waals surface area contributed by atoms with Crippen LogP contribution in [0.25, 0.3) is 49.9 Å². The quantitative estimate of drug-likeness (QED) is 0.160. The maximum Gasteiger partial charge on any atom is 0.137 e. The molecular formula is C60H57FN4O. The Morgan fingerprint density at radius 3 is 1.89 bits per heavy atom. The van der Waals surface area contributed by atoms with E-state index in [0.717, 1.165) is 84.1 Å². The molecule has 0 radical (unpaired) electrons. The molecule has 66 heavy (non-hydrogen) atoms. The monoisotopic (exact) mass is 868 g/mol. The number of hydrogen-bond acceptors (Lipinski definition) is 4. The molecule has 0 saturated carbocycles. The van der Waals surface area contributed by atoms with Gasteiger partial charge in [-0.15, -0.1) is 0 Å². The summed E-state index contributed by atoms with van der Waals surface area (Å²) < 4.78 is 23.7. The van der Waals surface area contributed by atoms with E-state index in [4.69, 9.17) is 9.72 Å². The maximum absolute atomic E-state index is 14.3. The Labute approximate surface area is 388 Å². The zero-order chi connectivity index (χ0) is 46.1. The van der Waals surface area contributed by atoms with E-state index in [9.17, 15) is 4.39 Å². The molecule has 0 unspecified atom stereocenters. The molecule has 0 fully saturated rings. The minimum atomic E-state index is -0.249. The first-order valence-electron chi connectivity index (χ1n) is 23.0. The summed E-state index contributed by atoms with van der Waals surface area (Å²) in [4.78, 5) is 9.75. The molecule has 0 aliphatic carbocycles. The third-order valence-corrected chi connectivity index (χ3v) is 13.0. The molecule has 0 spiro atoms. The Morgan fingerprint density at radius 2 is 1.15 bits per heavy atom. The van der Waals surface area contributed by atoms with Crippen LogP contribution in [0, 0.1) is 5.82 Å². The van der Waals surface area contributed by atoms with Gasteiger partial charge >= 0.3 is 0 Å². The number of halogens is 1. The summed E-state index contributed by atoms with van der Waals surface area (Å²) in [6.45, 7) is 20.9.